The van der Waals surface area contributed by atoms with Crippen molar-refractivity contribution < 1.29 is 44.3 Å². The quantitative estimate of drug-likeness (QED) is 0.137. The van der Waals surface area contributed by atoms with Gasteiger partial charge < -0.3 is 4.74 Å². The van der Waals surface area contributed by atoms with Crippen molar-refractivity contribution >= 4 is 34.4 Å². The molecule has 1 aromatic rings. The second-order valence-electron chi connectivity index (χ2n) is 5.49. The molecule has 28 heavy (non-hydrogen) atoms. The average Bonchev–Trinajstić information content (AvgIpc) is 2.57. The van der Waals surface area contributed by atoms with E-state index in [0.717, 1.165) is 4.90 Å². The average molecular weight is 552 g/mol. The van der Waals surface area contributed by atoms with Gasteiger partial charge in [-0.05, 0) is 69.5 Å². The maximum atomic E-state index is 13.5. The molecule has 0 saturated heterocycles. The minimum absolute atomic E-state index is 0.000366. The van der Waals surface area contributed by atoms with Crippen LogP contribution < -0.4 is 4.74 Å². The Morgan fingerprint density at radius 2 is 1.50 bits per heavy atom. The number of benzene rings is 1. The summed E-state index contributed by atoms with van der Waals surface area (Å²) in [5.41, 5.74) is 0. The highest BCUT2D eigenvalue weighted by atomic mass is 127. The fraction of sp³-hybridized carbons (Fsp3) is 0.500. The number of thioether (sulfide) groups is 1. The van der Waals surface area contributed by atoms with Crippen LogP contribution in [0.1, 0.15) is 12.8 Å². The summed E-state index contributed by atoms with van der Waals surface area (Å²) in [5.74, 6) is -18.7. The Kier molecular flexibility index (Phi) is 8.43. The third kappa shape index (κ3) is 5.86. The highest BCUT2D eigenvalue weighted by Crippen LogP contribution is 2.53. The molecule has 0 bridgehead atoms. The fourth-order valence-corrected chi connectivity index (χ4v) is 3.03. The van der Waals surface area contributed by atoms with Gasteiger partial charge in [0.15, 0.2) is 0 Å². The Bertz CT molecular complexity index is 672. The first-order valence-corrected chi connectivity index (χ1v) is 9.80. The lowest BCUT2D eigenvalue weighted by Gasteiger charge is -2.32. The number of rotatable bonds is 9. The Balaban J connectivity index is 2.69. The van der Waals surface area contributed by atoms with E-state index in [1.165, 1.54) is 34.4 Å². The van der Waals surface area contributed by atoms with Crippen molar-refractivity contribution in [3.63, 3.8) is 0 Å². The summed E-state index contributed by atoms with van der Waals surface area (Å²) in [4.78, 5) is 0.976. The van der Waals surface area contributed by atoms with E-state index in [4.69, 9.17) is 4.74 Å². The van der Waals surface area contributed by atoms with E-state index in [2.05, 4.69) is 0 Å². The first-order valence-electron chi connectivity index (χ1n) is 7.50. The van der Waals surface area contributed by atoms with Gasteiger partial charge in [-0.25, -0.2) is 0 Å². The van der Waals surface area contributed by atoms with E-state index >= 15 is 0 Å². The van der Waals surface area contributed by atoms with Crippen LogP contribution in [-0.2, 0) is 0 Å². The van der Waals surface area contributed by atoms with E-state index < -0.39 is 33.6 Å². The summed E-state index contributed by atoms with van der Waals surface area (Å²) in [7, 11) is 0. The van der Waals surface area contributed by atoms with Crippen molar-refractivity contribution in [2.75, 3.05) is 12.9 Å². The molecule has 0 heterocycles. The molecule has 0 aromatic heterocycles. The molecule has 0 saturated carbocycles. The minimum atomic E-state index is -6.89. The third-order valence-electron chi connectivity index (χ3n) is 3.39. The number of alkyl halides is 9. The maximum absolute atomic E-state index is 13.5. The zero-order chi connectivity index (χ0) is 21.8. The molecule has 0 aliphatic heterocycles. The molecular weight excluding hydrogens is 538 g/mol. The van der Waals surface area contributed by atoms with Crippen LogP contribution in [0.3, 0.4) is 0 Å². The maximum Gasteiger partial charge on any atom is 0.460 e. The Labute approximate surface area is 172 Å². The molecule has 0 radical (unpaired) electrons. The van der Waals surface area contributed by atoms with E-state index in [1.54, 1.807) is 24.3 Å². The van der Waals surface area contributed by atoms with Crippen molar-refractivity contribution in [1.29, 1.82) is 0 Å². The van der Waals surface area contributed by atoms with Gasteiger partial charge in [-0.3, -0.25) is 0 Å². The van der Waals surface area contributed by atoms with E-state index in [1.807, 2.05) is 6.26 Å². The van der Waals surface area contributed by atoms with E-state index in [0.29, 0.717) is 5.75 Å². The zero-order valence-electron chi connectivity index (χ0n) is 14.1. The summed E-state index contributed by atoms with van der Waals surface area (Å²) >= 11 is 2.68. The minimum Gasteiger partial charge on any atom is -0.494 e. The lowest BCUT2D eigenvalue weighted by Crippen LogP contribution is -2.60. The Hall–Kier alpha value is -0.790. The summed E-state index contributed by atoms with van der Waals surface area (Å²) in [6.07, 6.45) is -5.74. The fourth-order valence-electron chi connectivity index (χ4n) is 1.85. The van der Waals surface area contributed by atoms with Crippen LogP contribution in [0.4, 0.5) is 39.5 Å². The number of hydrogen-bond donors (Lipinski definition) is 0. The van der Waals surface area contributed by atoms with Gasteiger partial charge in [0.1, 0.15) is 5.75 Å². The first-order chi connectivity index (χ1) is 12.7. The first kappa shape index (κ1) is 25.2. The van der Waals surface area contributed by atoms with E-state index in [9.17, 15) is 39.5 Å². The number of allylic oxidation sites excluding steroid dienone is 2. The molecule has 0 unspecified atom stereocenters. The molecule has 1 aromatic carbocycles. The van der Waals surface area contributed by atoms with Crippen LogP contribution in [-0.4, -0.2) is 36.8 Å². The van der Waals surface area contributed by atoms with Crippen molar-refractivity contribution in [1.82, 2.24) is 0 Å². The van der Waals surface area contributed by atoms with Gasteiger partial charge in [-0.2, -0.15) is 39.5 Å². The summed E-state index contributed by atoms with van der Waals surface area (Å²) < 4.78 is 120. The van der Waals surface area contributed by atoms with Crippen LogP contribution in [0.2, 0.25) is 0 Å². The predicted molar refractivity (Wildman–Crippen MR) is 96.0 cm³/mol. The summed E-state index contributed by atoms with van der Waals surface area (Å²) in [6, 6.07) is 6.85. The van der Waals surface area contributed by atoms with Gasteiger partial charge in [0.25, 0.3) is 0 Å². The molecule has 0 atom stereocenters. The second-order valence-corrected chi connectivity index (χ2v) is 7.75. The van der Waals surface area contributed by atoms with E-state index in [-0.39, 0.29) is 19.4 Å². The van der Waals surface area contributed by atoms with Crippen molar-refractivity contribution in [2.45, 2.75) is 41.7 Å². The normalized spacial score (nSPS) is 14.3. The van der Waals surface area contributed by atoms with Crippen LogP contribution >= 0.6 is 34.4 Å². The van der Waals surface area contributed by atoms with Crippen LogP contribution in [0, 0.1) is 0 Å². The monoisotopic (exact) mass is 552 g/mol. The molecule has 0 aliphatic rings. The van der Waals surface area contributed by atoms with Crippen LogP contribution in [0.15, 0.2) is 38.8 Å². The summed E-state index contributed by atoms with van der Waals surface area (Å²) in [6.45, 7) is -0.000366. The summed E-state index contributed by atoms with van der Waals surface area (Å²) in [5, 5.41) is 0. The molecule has 0 aliphatic carbocycles. The largest absolute Gasteiger partial charge is 0.494 e. The molecule has 160 valence electrons. The number of ether oxygens (including phenoxy) is 1. The smallest absolute Gasteiger partial charge is 0.460 e. The highest BCUT2D eigenvalue weighted by Gasteiger charge is 2.81. The highest BCUT2D eigenvalue weighted by molar-refractivity contribution is 14.1. The molecule has 0 fully saturated rings. The topological polar surface area (TPSA) is 9.23 Å². The molecular formula is C16H14F9IOS. The Morgan fingerprint density at radius 1 is 0.964 bits per heavy atom. The van der Waals surface area contributed by atoms with Gasteiger partial charge in [-0.1, -0.05) is 0 Å². The zero-order valence-corrected chi connectivity index (χ0v) is 17.1. The molecule has 12 heteroatoms. The predicted octanol–water partition coefficient (Wildman–Crippen LogP) is 7.35. The lowest BCUT2D eigenvalue weighted by atomic mass is 10.0. The van der Waals surface area contributed by atoms with Gasteiger partial charge >= 0.3 is 23.9 Å². The third-order valence-corrected chi connectivity index (χ3v) is 4.99. The number of halogens is 10. The molecule has 0 N–H and O–H groups in total. The molecule has 1 nitrogen and oxygen atoms in total. The SMILES string of the molecule is CSc1ccc(OCCC/C(I)=C\C(F)(F)C(F)(F)C(F)(F)C(F)(F)F)cc1. The van der Waals surface area contributed by atoms with Crippen molar-refractivity contribution in [2.24, 2.45) is 0 Å². The molecule has 1 rings (SSSR count). The van der Waals surface area contributed by atoms with Gasteiger partial charge in [-0.15, -0.1) is 11.8 Å². The molecule has 0 spiro atoms. The second kappa shape index (κ2) is 9.35. The van der Waals surface area contributed by atoms with Crippen molar-refractivity contribution in [3.8, 4) is 5.75 Å². The lowest BCUT2D eigenvalue weighted by molar-refractivity contribution is -0.388. The van der Waals surface area contributed by atoms with Gasteiger partial charge in [0, 0.05) is 11.0 Å². The van der Waals surface area contributed by atoms with Gasteiger partial charge in [0.05, 0.1) is 6.61 Å². The molecule has 0 amide bonds. The standard InChI is InChI=1S/C16H14F9IOS/c1-28-12-6-4-11(5-7-12)27-8-2-3-10(26)9-13(17,18)14(19,20)15(21,22)16(23,24)25/h4-7,9H,2-3,8H2,1H3/b10-9+. The van der Waals surface area contributed by atoms with Crippen LogP contribution in [0.25, 0.3) is 0 Å². The van der Waals surface area contributed by atoms with Gasteiger partial charge in [0.2, 0.25) is 0 Å². The Morgan fingerprint density at radius 3 is 1.96 bits per heavy atom. The van der Waals surface area contributed by atoms with Crippen LogP contribution in [0.5, 0.6) is 5.75 Å². The number of hydrogen-bond acceptors (Lipinski definition) is 2. The van der Waals surface area contributed by atoms with Crippen molar-refractivity contribution in [3.05, 3.63) is 33.9 Å².